The lowest BCUT2D eigenvalue weighted by atomic mass is 10.0. The standard InChI is InChI=1S/C17H23BrN2O/c1-3-15(19)11-13-10-14(18)7-8-17(13)20(4-2)12-16-6-5-9-21-16/h5-10,15H,3-4,11-12,19H2,1-2H3. The van der Waals surface area contributed by atoms with E-state index in [0.29, 0.717) is 0 Å². The zero-order valence-electron chi connectivity index (χ0n) is 12.7. The fraction of sp³-hybridized carbons (Fsp3) is 0.412. The number of anilines is 1. The van der Waals surface area contributed by atoms with Crippen molar-refractivity contribution >= 4 is 21.6 Å². The molecule has 21 heavy (non-hydrogen) atoms. The molecule has 0 aliphatic carbocycles. The summed E-state index contributed by atoms with van der Waals surface area (Å²) in [6, 6.07) is 10.6. The summed E-state index contributed by atoms with van der Waals surface area (Å²) in [5.41, 5.74) is 8.67. The van der Waals surface area contributed by atoms with E-state index in [0.717, 1.165) is 36.2 Å². The van der Waals surface area contributed by atoms with Gasteiger partial charge in [-0.1, -0.05) is 22.9 Å². The third kappa shape index (κ3) is 4.35. The minimum absolute atomic E-state index is 0.195. The number of furan rings is 1. The Balaban J connectivity index is 2.26. The van der Waals surface area contributed by atoms with E-state index in [2.05, 4.69) is 52.9 Å². The number of nitrogens with zero attached hydrogens (tertiary/aromatic N) is 1. The molecule has 1 unspecified atom stereocenters. The molecular weight excluding hydrogens is 328 g/mol. The van der Waals surface area contributed by atoms with Crippen molar-refractivity contribution in [1.29, 1.82) is 0 Å². The summed E-state index contributed by atoms with van der Waals surface area (Å²) in [7, 11) is 0. The number of nitrogens with two attached hydrogens (primary N) is 1. The van der Waals surface area contributed by atoms with E-state index < -0.39 is 0 Å². The van der Waals surface area contributed by atoms with Crippen molar-refractivity contribution < 1.29 is 4.42 Å². The number of benzene rings is 1. The number of hydrogen-bond donors (Lipinski definition) is 1. The molecule has 114 valence electrons. The Morgan fingerprint density at radius 2 is 2.10 bits per heavy atom. The maximum atomic E-state index is 6.15. The monoisotopic (exact) mass is 350 g/mol. The van der Waals surface area contributed by atoms with Gasteiger partial charge in [-0.2, -0.15) is 0 Å². The van der Waals surface area contributed by atoms with E-state index in [1.54, 1.807) is 6.26 Å². The molecule has 1 heterocycles. The average Bonchev–Trinajstić information content (AvgIpc) is 2.98. The smallest absolute Gasteiger partial charge is 0.123 e. The number of rotatable bonds is 7. The van der Waals surface area contributed by atoms with E-state index >= 15 is 0 Å². The van der Waals surface area contributed by atoms with Gasteiger partial charge in [-0.15, -0.1) is 0 Å². The first kappa shape index (κ1) is 16.1. The molecule has 2 aromatic rings. The van der Waals surface area contributed by atoms with Crippen LogP contribution in [0.3, 0.4) is 0 Å². The predicted molar refractivity (Wildman–Crippen MR) is 91.5 cm³/mol. The van der Waals surface area contributed by atoms with E-state index in [-0.39, 0.29) is 6.04 Å². The second kappa shape index (κ2) is 7.66. The molecule has 0 spiro atoms. The van der Waals surface area contributed by atoms with Crippen LogP contribution in [-0.2, 0) is 13.0 Å². The number of hydrogen-bond acceptors (Lipinski definition) is 3. The molecule has 2 N–H and O–H groups in total. The lowest BCUT2D eigenvalue weighted by Crippen LogP contribution is -2.26. The molecule has 0 bridgehead atoms. The third-order valence-electron chi connectivity index (χ3n) is 3.70. The molecule has 0 radical (unpaired) electrons. The van der Waals surface area contributed by atoms with E-state index in [1.165, 1.54) is 11.3 Å². The van der Waals surface area contributed by atoms with Crippen LogP contribution in [0.4, 0.5) is 5.69 Å². The van der Waals surface area contributed by atoms with Gasteiger partial charge in [0.1, 0.15) is 5.76 Å². The van der Waals surface area contributed by atoms with Gasteiger partial charge in [0, 0.05) is 22.7 Å². The number of halogens is 1. The maximum absolute atomic E-state index is 6.15. The Hall–Kier alpha value is -1.26. The summed E-state index contributed by atoms with van der Waals surface area (Å²) in [5, 5.41) is 0. The van der Waals surface area contributed by atoms with Gasteiger partial charge in [0.2, 0.25) is 0 Å². The molecule has 1 aromatic heterocycles. The highest BCUT2D eigenvalue weighted by Crippen LogP contribution is 2.27. The van der Waals surface area contributed by atoms with Crippen LogP contribution >= 0.6 is 15.9 Å². The zero-order valence-corrected chi connectivity index (χ0v) is 14.3. The van der Waals surface area contributed by atoms with Crippen LogP contribution in [0.1, 0.15) is 31.6 Å². The minimum atomic E-state index is 0.195. The van der Waals surface area contributed by atoms with Gasteiger partial charge in [-0.3, -0.25) is 0 Å². The normalized spacial score (nSPS) is 12.4. The Morgan fingerprint density at radius 3 is 2.71 bits per heavy atom. The van der Waals surface area contributed by atoms with Crippen molar-refractivity contribution in [3.8, 4) is 0 Å². The first-order valence-corrected chi connectivity index (χ1v) is 8.24. The van der Waals surface area contributed by atoms with Crippen molar-refractivity contribution in [3.63, 3.8) is 0 Å². The molecule has 0 saturated heterocycles. The Labute approximate surface area is 135 Å². The maximum Gasteiger partial charge on any atom is 0.123 e. The highest BCUT2D eigenvalue weighted by molar-refractivity contribution is 9.10. The topological polar surface area (TPSA) is 42.4 Å². The molecule has 0 aliphatic heterocycles. The minimum Gasteiger partial charge on any atom is -0.467 e. The van der Waals surface area contributed by atoms with E-state index in [1.807, 2.05) is 12.1 Å². The van der Waals surface area contributed by atoms with Gasteiger partial charge >= 0.3 is 0 Å². The quantitative estimate of drug-likeness (QED) is 0.807. The zero-order chi connectivity index (χ0) is 15.2. The van der Waals surface area contributed by atoms with Crippen LogP contribution in [0.25, 0.3) is 0 Å². The van der Waals surface area contributed by atoms with E-state index in [9.17, 15) is 0 Å². The molecule has 4 heteroatoms. The molecule has 1 aromatic carbocycles. The third-order valence-corrected chi connectivity index (χ3v) is 4.19. The first-order valence-electron chi connectivity index (χ1n) is 7.45. The van der Waals surface area contributed by atoms with Crippen molar-refractivity contribution in [2.75, 3.05) is 11.4 Å². The van der Waals surface area contributed by atoms with Gasteiger partial charge in [0.25, 0.3) is 0 Å². The van der Waals surface area contributed by atoms with Crippen molar-refractivity contribution in [2.45, 2.75) is 39.3 Å². The van der Waals surface area contributed by atoms with E-state index in [4.69, 9.17) is 10.2 Å². The predicted octanol–water partition coefficient (Wildman–Crippen LogP) is 4.35. The highest BCUT2D eigenvalue weighted by atomic mass is 79.9. The fourth-order valence-corrected chi connectivity index (χ4v) is 2.82. The van der Waals surface area contributed by atoms with Gasteiger partial charge in [-0.25, -0.2) is 0 Å². The SMILES string of the molecule is CCC(N)Cc1cc(Br)ccc1N(CC)Cc1ccco1. The fourth-order valence-electron chi connectivity index (χ4n) is 2.41. The molecule has 2 rings (SSSR count). The first-order chi connectivity index (χ1) is 10.1. The molecule has 1 atom stereocenters. The Morgan fingerprint density at radius 1 is 1.29 bits per heavy atom. The molecule has 0 amide bonds. The van der Waals surface area contributed by atoms with Gasteiger partial charge < -0.3 is 15.1 Å². The van der Waals surface area contributed by atoms with Crippen LogP contribution in [0.5, 0.6) is 0 Å². The van der Waals surface area contributed by atoms with Crippen LogP contribution in [0, 0.1) is 0 Å². The summed E-state index contributed by atoms with van der Waals surface area (Å²) in [6.07, 6.45) is 3.59. The van der Waals surface area contributed by atoms with Gasteiger partial charge in [-0.05, 0) is 55.7 Å². The van der Waals surface area contributed by atoms with Crippen LogP contribution in [0.2, 0.25) is 0 Å². The molecule has 0 saturated carbocycles. The summed E-state index contributed by atoms with van der Waals surface area (Å²) in [4.78, 5) is 2.32. The molecule has 0 aliphatic rings. The lowest BCUT2D eigenvalue weighted by Gasteiger charge is -2.26. The van der Waals surface area contributed by atoms with Crippen LogP contribution < -0.4 is 10.6 Å². The molecule has 0 fully saturated rings. The summed E-state index contributed by atoms with van der Waals surface area (Å²) in [6.45, 7) is 5.99. The van der Waals surface area contributed by atoms with Crippen molar-refractivity contribution in [1.82, 2.24) is 0 Å². The van der Waals surface area contributed by atoms with Crippen LogP contribution in [-0.4, -0.2) is 12.6 Å². The molecular formula is C17H23BrN2O. The lowest BCUT2D eigenvalue weighted by molar-refractivity contribution is 0.503. The highest BCUT2D eigenvalue weighted by Gasteiger charge is 2.14. The van der Waals surface area contributed by atoms with Crippen molar-refractivity contribution in [2.24, 2.45) is 5.73 Å². The summed E-state index contributed by atoms with van der Waals surface area (Å²) in [5.74, 6) is 0.977. The van der Waals surface area contributed by atoms with Crippen LogP contribution in [0.15, 0.2) is 45.5 Å². The molecule has 3 nitrogen and oxygen atoms in total. The second-order valence-corrected chi connectivity index (χ2v) is 6.15. The Kier molecular flexibility index (Phi) is 5.88. The second-order valence-electron chi connectivity index (χ2n) is 5.24. The summed E-state index contributed by atoms with van der Waals surface area (Å²) < 4.78 is 6.57. The van der Waals surface area contributed by atoms with Crippen molar-refractivity contribution in [3.05, 3.63) is 52.4 Å². The Bertz CT molecular complexity index is 554. The average molecular weight is 351 g/mol. The van der Waals surface area contributed by atoms with Gasteiger partial charge in [0.15, 0.2) is 0 Å². The largest absolute Gasteiger partial charge is 0.467 e. The van der Waals surface area contributed by atoms with Gasteiger partial charge in [0.05, 0.1) is 12.8 Å². The summed E-state index contributed by atoms with van der Waals surface area (Å²) >= 11 is 3.56.